The quantitative estimate of drug-likeness (QED) is 0.261. The first-order chi connectivity index (χ1) is 24.8. The van der Waals surface area contributed by atoms with Gasteiger partial charge in [0.15, 0.2) is 0 Å². The molecule has 0 spiro atoms. The number of aromatic nitrogens is 2. The van der Waals surface area contributed by atoms with E-state index in [2.05, 4.69) is 25.5 Å². The molecule has 0 radical (unpaired) electrons. The Morgan fingerprint density at radius 3 is 2.31 bits per heavy atom. The first-order valence-corrected chi connectivity index (χ1v) is 18.4. The van der Waals surface area contributed by atoms with Gasteiger partial charge in [-0.2, -0.15) is 17.5 Å². The van der Waals surface area contributed by atoms with Crippen LogP contribution in [0.3, 0.4) is 0 Å². The summed E-state index contributed by atoms with van der Waals surface area (Å²) in [5.74, 6) is -1.82. The molecule has 1 atom stereocenters. The fourth-order valence-electron chi connectivity index (χ4n) is 7.15. The van der Waals surface area contributed by atoms with Gasteiger partial charge >= 0.3 is 6.18 Å². The van der Waals surface area contributed by atoms with Gasteiger partial charge in [-0.05, 0) is 54.7 Å². The lowest BCUT2D eigenvalue weighted by Crippen LogP contribution is -2.52. The normalized spacial score (nSPS) is 21.0. The number of benzene rings is 2. The summed E-state index contributed by atoms with van der Waals surface area (Å²) in [6.45, 7) is 3.23. The van der Waals surface area contributed by atoms with Crippen molar-refractivity contribution in [1.82, 2.24) is 29.4 Å². The number of rotatable bonds is 8. The van der Waals surface area contributed by atoms with Gasteiger partial charge in [-0.15, -0.1) is 0 Å². The average Bonchev–Trinajstić information content (AvgIpc) is 3.43. The van der Waals surface area contributed by atoms with E-state index in [1.807, 2.05) is 11.0 Å². The summed E-state index contributed by atoms with van der Waals surface area (Å²) in [4.78, 5) is 50.1. The molecule has 7 rings (SSSR count). The van der Waals surface area contributed by atoms with Crippen molar-refractivity contribution in [2.75, 3.05) is 49.5 Å². The standard InChI is InChI=1S/C34H36F4N8O5S/c35-27-16-26-22(20-46(32(26)49)28-4-5-30(47)42-31(28)48)15-29(27)44-12-10-43(11-13-44)19-21-2-1-3-25(14-21)52(50,51)45-8-6-24(7-9-45)41-33-39-17-23(18-40-33)34(36,37)38/h1-3,14-18,24,28H,4-13,19-20H2,(H,39,40,41)(H,42,47,48). The van der Waals surface area contributed by atoms with Crippen LogP contribution in [-0.2, 0) is 38.9 Å². The highest BCUT2D eigenvalue weighted by atomic mass is 32.2. The number of imide groups is 1. The van der Waals surface area contributed by atoms with Crippen LogP contribution in [0.4, 0.5) is 29.2 Å². The third kappa shape index (κ3) is 7.31. The number of nitrogens with one attached hydrogen (secondary N) is 2. The average molecular weight is 745 g/mol. The minimum atomic E-state index is -4.54. The van der Waals surface area contributed by atoms with Gasteiger partial charge < -0.3 is 15.1 Å². The Morgan fingerprint density at radius 2 is 1.63 bits per heavy atom. The van der Waals surface area contributed by atoms with E-state index < -0.39 is 45.4 Å². The monoisotopic (exact) mass is 744 g/mol. The molecule has 5 heterocycles. The molecule has 3 fully saturated rings. The zero-order chi connectivity index (χ0) is 36.8. The molecular weight excluding hydrogens is 708 g/mol. The Hall–Kier alpha value is -4.68. The maximum atomic E-state index is 15.4. The van der Waals surface area contributed by atoms with Gasteiger partial charge in [0.1, 0.15) is 11.9 Å². The number of hydrogen-bond acceptors (Lipinski definition) is 10. The maximum Gasteiger partial charge on any atom is 0.419 e. The Bertz CT molecular complexity index is 1980. The largest absolute Gasteiger partial charge is 0.419 e. The first kappa shape index (κ1) is 35.7. The minimum Gasteiger partial charge on any atom is -0.367 e. The van der Waals surface area contributed by atoms with Crippen LogP contribution in [0.25, 0.3) is 0 Å². The number of piperidine rings is 2. The van der Waals surface area contributed by atoms with Crippen LogP contribution in [0, 0.1) is 5.82 Å². The van der Waals surface area contributed by atoms with Crippen molar-refractivity contribution < 1.29 is 40.4 Å². The van der Waals surface area contributed by atoms with Crippen LogP contribution in [0.1, 0.15) is 52.7 Å². The molecule has 52 heavy (non-hydrogen) atoms. The van der Waals surface area contributed by atoms with E-state index in [1.165, 1.54) is 15.3 Å². The van der Waals surface area contributed by atoms with Crippen molar-refractivity contribution in [2.24, 2.45) is 0 Å². The lowest BCUT2D eigenvalue weighted by Gasteiger charge is -2.36. The lowest BCUT2D eigenvalue weighted by atomic mass is 10.0. The lowest BCUT2D eigenvalue weighted by molar-refractivity contribution is -0.138. The third-order valence-electron chi connectivity index (χ3n) is 10.0. The number of carbonyl (C=O) groups excluding carboxylic acids is 3. The number of nitrogens with zero attached hydrogens (tertiary/aromatic N) is 6. The minimum absolute atomic E-state index is 0.0510. The third-order valence-corrected chi connectivity index (χ3v) is 11.9. The number of anilines is 2. The molecule has 2 aromatic carbocycles. The Kier molecular flexibility index (Phi) is 9.64. The molecule has 3 saturated heterocycles. The number of amides is 3. The number of piperazine rings is 1. The molecule has 13 nitrogen and oxygen atoms in total. The van der Waals surface area contributed by atoms with E-state index in [1.54, 1.807) is 24.3 Å². The van der Waals surface area contributed by atoms with E-state index >= 15 is 4.39 Å². The zero-order valence-electron chi connectivity index (χ0n) is 27.9. The highest BCUT2D eigenvalue weighted by molar-refractivity contribution is 7.89. The van der Waals surface area contributed by atoms with Crippen LogP contribution in [0.15, 0.2) is 53.7 Å². The van der Waals surface area contributed by atoms with Crippen molar-refractivity contribution in [2.45, 2.75) is 61.9 Å². The van der Waals surface area contributed by atoms with Crippen LogP contribution in [-0.4, -0.2) is 102 Å². The molecule has 1 unspecified atom stereocenters. The van der Waals surface area contributed by atoms with E-state index in [0.717, 1.165) is 5.56 Å². The van der Waals surface area contributed by atoms with Crippen LogP contribution in [0.5, 0.6) is 0 Å². The van der Waals surface area contributed by atoms with Gasteiger partial charge in [0.05, 0.1) is 16.1 Å². The molecule has 0 saturated carbocycles. The molecule has 2 N–H and O–H groups in total. The molecule has 3 amide bonds. The summed E-state index contributed by atoms with van der Waals surface area (Å²) in [7, 11) is -3.80. The number of alkyl halides is 3. The smallest absolute Gasteiger partial charge is 0.367 e. The summed E-state index contributed by atoms with van der Waals surface area (Å²) in [5, 5.41) is 5.26. The molecule has 4 aliphatic heterocycles. The number of sulfonamides is 1. The highest BCUT2D eigenvalue weighted by Gasteiger charge is 2.40. The van der Waals surface area contributed by atoms with Gasteiger partial charge in [-0.25, -0.2) is 22.8 Å². The molecule has 3 aromatic rings. The van der Waals surface area contributed by atoms with Crippen molar-refractivity contribution in [3.63, 3.8) is 0 Å². The second-order valence-corrected chi connectivity index (χ2v) is 15.3. The predicted octanol–water partition coefficient (Wildman–Crippen LogP) is 2.98. The molecule has 0 aliphatic carbocycles. The highest BCUT2D eigenvalue weighted by Crippen LogP contribution is 2.33. The van der Waals surface area contributed by atoms with E-state index in [4.69, 9.17) is 0 Å². The van der Waals surface area contributed by atoms with Crippen molar-refractivity contribution in [3.8, 4) is 0 Å². The van der Waals surface area contributed by atoms with Crippen LogP contribution < -0.4 is 15.5 Å². The molecule has 1 aromatic heterocycles. The van der Waals surface area contributed by atoms with Gasteiger partial charge in [-0.3, -0.25) is 24.6 Å². The predicted molar refractivity (Wildman–Crippen MR) is 179 cm³/mol. The second kappa shape index (κ2) is 14.0. The van der Waals surface area contributed by atoms with Crippen molar-refractivity contribution in [3.05, 3.63) is 76.9 Å². The molecule has 4 aliphatic rings. The summed E-state index contributed by atoms with van der Waals surface area (Å²) in [6, 6.07) is 8.69. The van der Waals surface area contributed by atoms with Gasteiger partial charge in [0.25, 0.3) is 5.91 Å². The van der Waals surface area contributed by atoms with E-state index in [-0.39, 0.29) is 60.8 Å². The summed E-state index contributed by atoms with van der Waals surface area (Å²) in [5.41, 5.74) is 1.07. The number of halogens is 4. The second-order valence-electron chi connectivity index (χ2n) is 13.4. The summed E-state index contributed by atoms with van der Waals surface area (Å²) >= 11 is 0. The Labute approximate surface area is 297 Å². The van der Waals surface area contributed by atoms with E-state index in [9.17, 15) is 36.0 Å². The van der Waals surface area contributed by atoms with Crippen molar-refractivity contribution >= 4 is 39.4 Å². The summed E-state index contributed by atoms with van der Waals surface area (Å²) in [6.07, 6.45) is -1.92. The molecule has 0 bridgehead atoms. The van der Waals surface area contributed by atoms with Gasteiger partial charge in [-0.1, -0.05) is 12.1 Å². The van der Waals surface area contributed by atoms with Crippen LogP contribution >= 0.6 is 0 Å². The Balaban J connectivity index is 0.924. The topological polar surface area (TPSA) is 148 Å². The van der Waals surface area contributed by atoms with E-state index in [0.29, 0.717) is 69.2 Å². The molecular formula is C34H36F4N8O5S. The number of fused-ring (bicyclic) bond motifs is 1. The molecule has 18 heteroatoms. The number of hydrogen-bond donors (Lipinski definition) is 2. The maximum absolute atomic E-state index is 15.4. The summed E-state index contributed by atoms with van der Waals surface area (Å²) < 4.78 is 82.3. The fraction of sp³-hybridized carbons (Fsp3) is 0.441. The Morgan fingerprint density at radius 1 is 0.923 bits per heavy atom. The zero-order valence-corrected chi connectivity index (χ0v) is 28.7. The molecule has 276 valence electrons. The van der Waals surface area contributed by atoms with Gasteiger partial charge in [0, 0.05) is 82.8 Å². The van der Waals surface area contributed by atoms with Crippen LogP contribution in [0.2, 0.25) is 0 Å². The van der Waals surface area contributed by atoms with Gasteiger partial charge in [0.2, 0.25) is 27.8 Å². The first-order valence-electron chi connectivity index (χ1n) is 17.0. The fourth-order valence-corrected chi connectivity index (χ4v) is 8.69. The SMILES string of the molecule is O=C1CCC(N2Cc3cc(N4CCN(Cc5cccc(S(=O)(=O)N6CCC(Nc7ncc(C(F)(F)F)cn7)CC6)c5)CC4)c(F)cc3C2=O)C(=O)N1. The van der Waals surface area contributed by atoms with Crippen molar-refractivity contribution in [1.29, 1.82) is 0 Å². The number of carbonyl (C=O) groups is 3.